The van der Waals surface area contributed by atoms with Crippen molar-refractivity contribution >= 4 is 34.7 Å². The number of carbonyl (C=O) groups excluding carboxylic acids is 1. The van der Waals surface area contributed by atoms with E-state index < -0.39 is 17.6 Å². The van der Waals surface area contributed by atoms with Gasteiger partial charge in [-0.2, -0.15) is 13.2 Å². The highest BCUT2D eigenvalue weighted by Gasteiger charge is 2.34. The van der Waals surface area contributed by atoms with Gasteiger partial charge in [0, 0.05) is 41.6 Å². The molecule has 170 valence electrons. The van der Waals surface area contributed by atoms with E-state index in [0.717, 1.165) is 23.9 Å². The third-order valence-corrected chi connectivity index (χ3v) is 6.37. The summed E-state index contributed by atoms with van der Waals surface area (Å²) in [6.07, 6.45) is 3.39. The van der Waals surface area contributed by atoms with Crippen LogP contribution in [-0.4, -0.2) is 36.8 Å². The summed E-state index contributed by atoms with van der Waals surface area (Å²) >= 11 is 1.52. The van der Waals surface area contributed by atoms with Crippen molar-refractivity contribution in [1.29, 1.82) is 0 Å². The summed E-state index contributed by atoms with van der Waals surface area (Å²) in [5.41, 5.74) is 5.70. The van der Waals surface area contributed by atoms with Crippen LogP contribution in [-0.2, 0) is 6.18 Å². The number of alkyl halides is 3. The predicted molar refractivity (Wildman–Crippen MR) is 118 cm³/mol. The van der Waals surface area contributed by atoms with Crippen LogP contribution in [0.3, 0.4) is 0 Å². The van der Waals surface area contributed by atoms with Crippen LogP contribution in [0.15, 0.2) is 48.4 Å². The molecule has 5 rings (SSSR count). The quantitative estimate of drug-likeness (QED) is 0.444. The average Bonchev–Trinajstić information content (AvgIpc) is 3.52. The van der Waals surface area contributed by atoms with Gasteiger partial charge in [0.1, 0.15) is 16.5 Å². The van der Waals surface area contributed by atoms with E-state index in [9.17, 15) is 18.0 Å². The van der Waals surface area contributed by atoms with Crippen LogP contribution in [0.5, 0.6) is 0 Å². The number of fused-ring (bicyclic) bond motifs is 1. The molecule has 2 amide bonds. The number of nitrogens with one attached hydrogen (secondary N) is 1. The minimum Gasteiger partial charge on any atom is -0.383 e. The first-order valence-corrected chi connectivity index (χ1v) is 11.0. The highest BCUT2D eigenvalue weighted by atomic mass is 32.1. The number of thiazole rings is 1. The van der Waals surface area contributed by atoms with E-state index in [1.54, 1.807) is 40.0 Å². The number of hydrogen-bond donors (Lipinski definition) is 2. The summed E-state index contributed by atoms with van der Waals surface area (Å²) in [5.74, 6) is -0.230. The number of rotatable bonds is 3. The Kier molecular flexibility index (Phi) is 5.16. The molecule has 0 radical (unpaired) electrons. The molecule has 3 N–H and O–H groups in total. The summed E-state index contributed by atoms with van der Waals surface area (Å²) in [7, 11) is 0. The maximum atomic E-state index is 13.2. The fourth-order valence-corrected chi connectivity index (χ4v) is 4.72. The zero-order valence-corrected chi connectivity index (χ0v) is 17.9. The first-order valence-electron chi connectivity index (χ1n) is 10.1. The first-order chi connectivity index (χ1) is 15.8. The summed E-state index contributed by atoms with van der Waals surface area (Å²) < 4.78 is 41.2. The number of urea groups is 1. The van der Waals surface area contributed by atoms with Crippen molar-refractivity contribution in [2.75, 3.05) is 17.6 Å². The summed E-state index contributed by atoms with van der Waals surface area (Å²) in [4.78, 5) is 27.0. The number of nitrogen functional groups attached to an aromatic ring is 1. The standard InChI is InChI=1S/C21H18F3N7OS/c22-21(23,24)14-8-13(9-27-18(14)25)12-3-4-17-28-16(11-30(17)10-12)29-20(32)31-6-1-2-15(31)19-26-5-7-33-19/h3-5,7-11,15H,1-2,6H2,(H2,25,27)(H,29,32). The van der Waals surface area contributed by atoms with Gasteiger partial charge in [0.25, 0.3) is 0 Å². The lowest BCUT2D eigenvalue weighted by molar-refractivity contribution is -0.137. The minimum atomic E-state index is -4.60. The van der Waals surface area contributed by atoms with Crippen molar-refractivity contribution in [3.63, 3.8) is 0 Å². The van der Waals surface area contributed by atoms with Crippen LogP contribution in [0.4, 0.5) is 29.6 Å². The van der Waals surface area contributed by atoms with Crippen molar-refractivity contribution in [2.45, 2.75) is 25.1 Å². The fourth-order valence-electron chi connectivity index (χ4n) is 3.93. The number of pyridine rings is 2. The molecule has 1 aliphatic rings. The number of anilines is 2. The Hall–Kier alpha value is -3.67. The molecule has 1 aliphatic heterocycles. The van der Waals surface area contributed by atoms with Crippen molar-refractivity contribution in [2.24, 2.45) is 0 Å². The monoisotopic (exact) mass is 473 g/mol. The lowest BCUT2D eigenvalue weighted by atomic mass is 10.1. The Labute approximate surface area is 189 Å². The van der Waals surface area contributed by atoms with Crippen LogP contribution in [0.2, 0.25) is 0 Å². The second-order valence-corrected chi connectivity index (χ2v) is 8.54. The van der Waals surface area contributed by atoms with Crippen molar-refractivity contribution in [1.82, 2.24) is 24.3 Å². The topological polar surface area (TPSA) is 101 Å². The molecule has 1 atom stereocenters. The van der Waals surface area contributed by atoms with Crippen LogP contribution in [0.25, 0.3) is 16.8 Å². The van der Waals surface area contributed by atoms with E-state index in [4.69, 9.17) is 5.73 Å². The van der Waals surface area contributed by atoms with Gasteiger partial charge in [-0.3, -0.25) is 5.32 Å². The lowest BCUT2D eigenvalue weighted by Gasteiger charge is -2.22. The molecule has 0 saturated carbocycles. The van der Waals surface area contributed by atoms with Gasteiger partial charge >= 0.3 is 12.2 Å². The second-order valence-electron chi connectivity index (χ2n) is 7.62. The number of carbonyl (C=O) groups is 1. The van der Waals surface area contributed by atoms with E-state index in [1.165, 1.54) is 17.5 Å². The average molecular weight is 473 g/mol. The normalized spacial score (nSPS) is 16.5. The van der Waals surface area contributed by atoms with E-state index in [-0.39, 0.29) is 17.6 Å². The zero-order chi connectivity index (χ0) is 23.2. The van der Waals surface area contributed by atoms with E-state index in [2.05, 4.69) is 20.3 Å². The fraction of sp³-hybridized carbons (Fsp3) is 0.238. The van der Waals surface area contributed by atoms with Crippen LogP contribution < -0.4 is 11.1 Å². The summed E-state index contributed by atoms with van der Waals surface area (Å²) in [5, 5.41) is 5.60. The van der Waals surface area contributed by atoms with E-state index >= 15 is 0 Å². The number of halogens is 3. The Bertz CT molecular complexity index is 1320. The molecule has 1 saturated heterocycles. The number of hydrogen-bond acceptors (Lipinski definition) is 6. The Morgan fingerprint density at radius 2 is 2.06 bits per heavy atom. The SMILES string of the molecule is Nc1ncc(-c2ccc3nc(NC(=O)N4CCCC4c4nccs4)cn3c2)cc1C(F)(F)F. The highest BCUT2D eigenvalue weighted by molar-refractivity contribution is 7.09. The molecule has 0 aliphatic carbocycles. The maximum Gasteiger partial charge on any atom is 0.419 e. The third kappa shape index (κ3) is 4.09. The third-order valence-electron chi connectivity index (χ3n) is 5.49. The van der Waals surface area contributed by atoms with Gasteiger partial charge in [-0.15, -0.1) is 11.3 Å². The number of imidazole rings is 1. The smallest absolute Gasteiger partial charge is 0.383 e. The van der Waals surface area contributed by atoms with Crippen molar-refractivity contribution in [3.8, 4) is 11.1 Å². The molecular weight excluding hydrogens is 455 g/mol. The Balaban J connectivity index is 1.38. The number of likely N-dealkylation sites (tertiary alicyclic amines) is 1. The van der Waals surface area contributed by atoms with E-state index in [0.29, 0.717) is 23.6 Å². The zero-order valence-electron chi connectivity index (χ0n) is 17.1. The van der Waals surface area contributed by atoms with Gasteiger partial charge in [0.05, 0.1) is 17.8 Å². The second kappa shape index (κ2) is 8.03. The molecule has 8 nitrogen and oxygen atoms in total. The van der Waals surface area contributed by atoms with Gasteiger partial charge in [-0.1, -0.05) is 0 Å². The van der Waals surface area contributed by atoms with Gasteiger partial charge in [-0.25, -0.2) is 19.7 Å². The highest BCUT2D eigenvalue weighted by Crippen LogP contribution is 2.35. The lowest BCUT2D eigenvalue weighted by Crippen LogP contribution is -2.34. The summed E-state index contributed by atoms with van der Waals surface area (Å²) in [6, 6.07) is 3.93. The van der Waals surface area contributed by atoms with Crippen LogP contribution in [0, 0.1) is 0 Å². The van der Waals surface area contributed by atoms with Gasteiger partial charge in [0.2, 0.25) is 0 Å². The van der Waals surface area contributed by atoms with Crippen LogP contribution in [0.1, 0.15) is 29.5 Å². The number of nitrogens with two attached hydrogens (primary N) is 1. The first kappa shape index (κ1) is 21.2. The van der Waals surface area contributed by atoms with E-state index in [1.807, 2.05) is 5.38 Å². The minimum absolute atomic E-state index is 0.0607. The molecule has 33 heavy (non-hydrogen) atoms. The molecule has 0 bridgehead atoms. The Morgan fingerprint density at radius 3 is 2.82 bits per heavy atom. The number of amides is 2. The molecule has 12 heteroatoms. The molecule has 1 unspecified atom stereocenters. The van der Waals surface area contributed by atoms with Crippen molar-refractivity contribution < 1.29 is 18.0 Å². The molecule has 0 spiro atoms. The van der Waals surface area contributed by atoms with Crippen LogP contribution >= 0.6 is 11.3 Å². The maximum absolute atomic E-state index is 13.2. The van der Waals surface area contributed by atoms with Gasteiger partial charge in [-0.05, 0) is 31.0 Å². The molecule has 5 heterocycles. The molecule has 4 aromatic heterocycles. The van der Waals surface area contributed by atoms with Gasteiger partial charge < -0.3 is 15.0 Å². The largest absolute Gasteiger partial charge is 0.419 e. The predicted octanol–water partition coefficient (Wildman–Crippen LogP) is 4.82. The number of aromatic nitrogens is 4. The summed E-state index contributed by atoms with van der Waals surface area (Å²) in [6.45, 7) is 0.624. The number of nitrogens with zero attached hydrogens (tertiary/aromatic N) is 5. The van der Waals surface area contributed by atoms with Crippen molar-refractivity contribution in [3.05, 3.63) is 58.9 Å². The van der Waals surface area contributed by atoms with Gasteiger partial charge in [0.15, 0.2) is 5.82 Å². The Morgan fingerprint density at radius 1 is 1.21 bits per heavy atom. The molecule has 4 aromatic rings. The molecule has 0 aromatic carbocycles. The molecule has 1 fully saturated rings. The molecular formula is C21H18F3N7OS.